The molecule has 0 spiro atoms. The van der Waals surface area contributed by atoms with Crippen LogP contribution in [0.1, 0.15) is 36.0 Å². The van der Waals surface area contributed by atoms with Gasteiger partial charge >= 0.3 is 0 Å². The number of thioether (sulfide) groups is 1. The lowest BCUT2D eigenvalue weighted by Gasteiger charge is -2.43. The lowest BCUT2D eigenvalue weighted by atomic mass is 9.93. The van der Waals surface area contributed by atoms with Crippen molar-refractivity contribution in [3.05, 3.63) is 29.8 Å². The number of benzene rings is 1. The van der Waals surface area contributed by atoms with Gasteiger partial charge in [0, 0.05) is 29.2 Å². The van der Waals surface area contributed by atoms with Gasteiger partial charge in [-0.25, -0.2) is 13.6 Å². The van der Waals surface area contributed by atoms with E-state index in [-0.39, 0.29) is 10.8 Å². The maximum Gasteiger partial charge on any atom is 0.254 e. The topological polar surface area (TPSA) is 80.5 Å². The number of sulfonamides is 1. The Kier molecular flexibility index (Phi) is 4.47. The lowest BCUT2D eigenvalue weighted by Crippen LogP contribution is -2.51. The molecule has 120 valence electrons. The number of carbonyl (C=O) groups excluding carboxylic acids is 1. The summed E-state index contributed by atoms with van der Waals surface area (Å²) in [5.41, 5.74) is 0.531. The van der Waals surface area contributed by atoms with Gasteiger partial charge < -0.3 is 4.90 Å². The summed E-state index contributed by atoms with van der Waals surface area (Å²) < 4.78 is 22.6. The molecule has 1 amide bonds. The summed E-state index contributed by atoms with van der Waals surface area (Å²) in [5, 5.41) is 5.64. The van der Waals surface area contributed by atoms with E-state index in [4.69, 9.17) is 5.14 Å². The van der Waals surface area contributed by atoms with Crippen molar-refractivity contribution >= 4 is 27.7 Å². The molecule has 1 aromatic carbocycles. The molecule has 0 radical (unpaired) electrons. The van der Waals surface area contributed by atoms with E-state index in [1.807, 2.05) is 16.7 Å². The van der Waals surface area contributed by atoms with Gasteiger partial charge in [0.15, 0.2) is 0 Å². The van der Waals surface area contributed by atoms with Crippen molar-refractivity contribution in [2.45, 2.75) is 41.9 Å². The smallest absolute Gasteiger partial charge is 0.254 e. The molecule has 1 saturated carbocycles. The van der Waals surface area contributed by atoms with Gasteiger partial charge in [-0.05, 0) is 37.1 Å². The van der Waals surface area contributed by atoms with Crippen LogP contribution < -0.4 is 5.14 Å². The third-order valence-electron chi connectivity index (χ3n) is 4.42. The minimum Gasteiger partial charge on any atom is -0.334 e. The van der Waals surface area contributed by atoms with E-state index in [0.717, 1.165) is 18.7 Å². The maximum absolute atomic E-state index is 12.8. The van der Waals surface area contributed by atoms with E-state index in [1.54, 1.807) is 12.1 Å². The fourth-order valence-corrected chi connectivity index (χ4v) is 5.26. The van der Waals surface area contributed by atoms with Gasteiger partial charge in [-0.15, -0.1) is 0 Å². The third-order valence-corrected chi connectivity index (χ3v) is 6.75. The molecular weight excluding hydrogens is 320 g/mol. The molecule has 0 unspecified atom stereocenters. The molecule has 3 rings (SSSR count). The van der Waals surface area contributed by atoms with E-state index < -0.39 is 10.0 Å². The third kappa shape index (κ3) is 3.16. The number of rotatable bonds is 2. The first-order valence-corrected chi connectivity index (χ1v) is 10.1. The largest absolute Gasteiger partial charge is 0.334 e. The highest BCUT2D eigenvalue weighted by Gasteiger charge is 2.36. The van der Waals surface area contributed by atoms with E-state index >= 15 is 0 Å². The Labute approximate surface area is 135 Å². The second kappa shape index (κ2) is 6.22. The molecule has 5 nitrogen and oxygen atoms in total. The minimum absolute atomic E-state index is 0.00170. The van der Waals surface area contributed by atoms with Crippen LogP contribution in [-0.4, -0.2) is 42.8 Å². The van der Waals surface area contributed by atoms with Crippen molar-refractivity contribution < 1.29 is 13.2 Å². The number of carbonyl (C=O) groups is 1. The minimum atomic E-state index is -3.72. The van der Waals surface area contributed by atoms with Crippen LogP contribution in [0, 0.1) is 0 Å². The predicted octanol–water partition coefficient (Wildman–Crippen LogP) is 1.83. The van der Waals surface area contributed by atoms with Crippen molar-refractivity contribution in [2.75, 3.05) is 12.3 Å². The molecule has 1 saturated heterocycles. The van der Waals surface area contributed by atoms with Crippen LogP contribution in [0.3, 0.4) is 0 Å². The molecule has 1 aliphatic heterocycles. The fraction of sp³-hybridized carbons (Fsp3) is 0.533. The number of hydrogen-bond donors (Lipinski definition) is 1. The Balaban J connectivity index is 1.80. The summed E-state index contributed by atoms with van der Waals surface area (Å²) in [6.45, 7) is 0.765. The predicted molar refractivity (Wildman–Crippen MR) is 87.4 cm³/mol. The zero-order valence-corrected chi connectivity index (χ0v) is 13.9. The molecule has 22 heavy (non-hydrogen) atoms. The molecule has 2 N–H and O–H groups in total. The van der Waals surface area contributed by atoms with Crippen LogP contribution >= 0.6 is 11.8 Å². The van der Waals surface area contributed by atoms with Gasteiger partial charge in [0.1, 0.15) is 0 Å². The van der Waals surface area contributed by atoms with Crippen molar-refractivity contribution in [3.8, 4) is 0 Å². The number of nitrogens with zero attached hydrogens (tertiary/aromatic N) is 1. The first-order valence-electron chi connectivity index (χ1n) is 7.52. The summed E-state index contributed by atoms with van der Waals surface area (Å²) in [6.07, 6.45) is 4.68. The molecule has 1 aromatic rings. The van der Waals surface area contributed by atoms with E-state index in [1.165, 1.54) is 31.4 Å². The summed E-state index contributed by atoms with van der Waals surface area (Å²) >= 11 is 1.98. The molecule has 2 atom stereocenters. The number of hydrogen-bond acceptors (Lipinski definition) is 4. The fourth-order valence-electron chi connectivity index (χ4n) is 3.30. The number of fused-ring (bicyclic) bond motifs is 1. The van der Waals surface area contributed by atoms with Gasteiger partial charge in [-0.2, -0.15) is 11.8 Å². The first-order chi connectivity index (χ1) is 10.5. The van der Waals surface area contributed by atoms with Crippen LogP contribution in [0.5, 0.6) is 0 Å². The van der Waals surface area contributed by atoms with Crippen molar-refractivity contribution in [3.63, 3.8) is 0 Å². The van der Waals surface area contributed by atoms with E-state index in [2.05, 4.69) is 0 Å². The first kappa shape index (κ1) is 15.8. The number of nitrogens with two attached hydrogens (primary N) is 1. The van der Waals surface area contributed by atoms with Crippen LogP contribution in [0.4, 0.5) is 0 Å². The Morgan fingerprint density at radius 3 is 2.55 bits per heavy atom. The SMILES string of the molecule is NS(=O)(=O)c1ccc(C(=O)N2CCS[C@H]3CCCC[C@@H]32)cc1. The average molecular weight is 340 g/mol. The Morgan fingerprint density at radius 1 is 1.18 bits per heavy atom. The second-order valence-electron chi connectivity index (χ2n) is 5.83. The Bertz CT molecular complexity index is 656. The van der Waals surface area contributed by atoms with Crippen molar-refractivity contribution in [1.29, 1.82) is 0 Å². The van der Waals surface area contributed by atoms with Gasteiger partial charge in [0.2, 0.25) is 10.0 Å². The molecule has 1 aliphatic carbocycles. The quantitative estimate of drug-likeness (QED) is 0.891. The number of amides is 1. The zero-order valence-electron chi connectivity index (χ0n) is 12.3. The van der Waals surface area contributed by atoms with Crippen molar-refractivity contribution in [2.24, 2.45) is 5.14 Å². The average Bonchev–Trinajstić information content (AvgIpc) is 2.53. The normalized spacial score (nSPS) is 25.6. The monoisotopic (exact) mass is 340 g/mol. The van der Waals surface area contributed by atoms with E-state index in [9.17, 15) is 13.2 Å². The highest BCUT2D eigenvalue weighted by molar-refractivity contribution is 8.00. The van der Waals surface area contributed by atoms with Crippen LogP contribution in [0.15, 0.2) is 29.2 Å². The highest BCUT2D eigenvalue weighted by atomic mass is 32.2. The summed E-state index contributed by atoms with van der Waals surface area (Å²) in [5.74, 6) is 0.973. The molecular formula is C15H20N2O3S2. The maximum atomic E-state index is 12.8. The van der Waals surface area contributed by atoms with E-state index in [0.29, 0.717) is 16.9 Å². The molecule has 1 heterocycles. The lowest BCUT2D eigenvalue weighted by molar-refractivity contribution is 0.0646. The molecule has 0 bridgehead atoms. The standard InChI is InChI=1S/C15H20N2O3S2/c16-22(19,20)12-7-5-11(6-8-12)15(18)17-9-10-21-14-4-2-1-3-13(14)17/h5-8,13-14H,1-4,9-10H2,(H2,16,19,20)/t13-,14-/m0/s1. The summed E-state index contributed by atoms with van der Waals surface area (Å²) in [4.78, 5) is 14.8. The second-order valence-corrected chi connectivity index (χ2v) is 8.74. The van der Waals surface area contributed by atoms with Crippen molar-refractivity contribution in [1.82, 2.24) is 4.90 Å². The number of primary sulfonamides is 1. The Morgan fingerprint density at radius 2 is 1.86 bits per heavy atom. The van der Waals surface area contributed by atoms with Crippen LogP contribution in [0.2, 0.25) is 0 Å². The van der Waals surface area contributed by atoms with Gasteiger partial charge in [0.25, 0.3) is 5.91 Å². The van der Waals surface area contributed by atoms with Crippen LogP contribution in [-0.2, 0) is 10.0 Å². The summed E-state index contributed by atoms with van der Waals surface area (Å²) in [7, 11) is -3.72. The van der Waals surface area contributed by atoms with Gasteiger partial charge in [-0.3, -0.25) is 4.79 Å². The van der Waals surface area contributed by atoms with Gasteiger partial charge in [0.05, 0.1) is 4.90 Å². The van der Waals surface area contributed by atoms with Crippen LogP contribution in [0.25, 0.3) is 0 Å². The Hall–Kier alpha value is -1.05. The summed E-state index contributed by atoms with van der Waals surface area (Å²) in [6, 6.07) is 6.24. The molecule has 0 aromatic heterocycles. The van der Waals surface area contributed by atoms with Gasteiger partial charge in [-0.1, -0.05) is 12.8 Å². The molecule has 7 heteroatoms. The molecule has 2 aliphatic rings. The highest BCUT2D eigenvalue weighted by Crippen LogP contribution is 2.36. The zero-order chi connectivity index (χ0) is 15.7. The molecule has 2 fully saturated rings.